The molecule has 5 heteroatoms. The van der Waals surface area contributed by atoms with Gasteiger partial charge in [-0.15, -0.1) is 0 Å². The number of benzene rings is 1. The fourth-order valence-corrected chi connectivity index (χ4v) is 4.73. The van der Waals surface area contributed by atoms with Crippen molar-refractivity contribution in [2.24, 2.45) is 11.8 Å². The second kappa shape index (κ2) is 4.83. The number of fused-ring (bicyclic) bond motifs is 1. The normalized spacial score (nSPS) is 35.5. The van der Waals surface area contributed by atoms with Gasteiger partial charge in [-0.3, -0.25) is 4.79 Å². The van der Waals surface area contributed by atoms with E-state index in [0.29, 0.717) is 18.1 Å². The quantitative estimate of drug-likeness (QED) is 0.773. The number of hydrogen-bond donors (Lipinski definition) is 0. The lowest BCUT2D eigenvalue weighted by atomic mass is 9.61. The number of ketones is 1. The Hall–Kier alpha value is -1.33. The highest BCUT2D eigenvalue weighted by Crippen LogP contribution is 2.59. The molecule has 0 radical (unpaired) electrons. The van der Waals surface area contributed by atoms with Crippen LogP contribution in [0.15, 0.2) is 28.8 Å². The van der Waals surface area contributed by atoms with E-state index in [1.807, 2.05) is 18.2 Å². The highest BCUT2D eigenvalue weighted by Gasteiger charge is 2.66. The van der Waals surface area contributed by atoms with Gasteiger partial charge in [0.2, 0.25) is 0 Å². The summed E-state index contributed by atoms with van der Waals surface area (Å²) in [5.74, 6) is 1.83. The maximum absolute atomic E-state index is 12.7. The second-order valence-corrected chi connectivity index (χ2v) is 7.04. The van der Waals surface area contributed by atoms with Crippen LogP contribution in [0.3, 0.4) is 0 Å². The average molecular weight is 365 g/mol. The van der Waals surface area contributed by atoms with Gasteiger partial charge >= 0.3 is 0 Å². The maximum atomic E-state index is 12.7. The molecule has 0 N–H and O–H groups in total. The van der Waals surface area contributed by atoms with Crippen LogP contribution in [0.25, 0.3) is 0 Å². The molecule has 0 amide bonds. The Morgan fingerprint density at radius 3 is 2.64 bits per heavy atom. The van der Waals surface area contributed by atoms with Crippen molar-refractivity contribution in [3.63, 3.8) is 0 Å². The molecule has 22 heavy (non-hydrogen) atoms. The van der Waals surface area contributed by atoms with E-state index < -0.39 is 5.60 Å². The monoisotopic (exact) mass is 364 g/mol. The SMILES string of the molecule is COc1ccc([C@H]2C[C@H]3C(Br)=C[C@@H]2C(=O)[C@]32CO2)cc1OC. The summed E-state index contributed by atoms with van der Waals surface area (Å²) in [6, 6.07) is 5.92. The van der Waals surface area contributed by atoms with E-state index in [4.69, 9.17) is 14.2 Å². The first-order chi connectivity index (χ1) is 10.6. The van der Waals surface area contributed by atoms with E-state index in [1.54, 1.807) is 14.2 Å². The number of Topliss-reactive ketones (excluding diaryl/α,β-unsaturated/α-hetero) is 1. The Morgan fingerprint density at radius 2 is 2.00 bits per heavy atom. The standard InChI is InChI=1S/C17H17BrO4/c1-20-14-4-3-9(5-15(14)21-2)10-6-12-13(18)7-11(10)16(19)17(12)8-22-17/h3-5,7,10-12H,6,8H2,1-2H3/t10-,11+,12+,17+/m1/s1. The molecule has 2 fully saturated rings. The van der Waals surface area contributed by atoms with Crippen molar-refractivity contribution in [3.8, 4) is 11.5 Å². The molecule has 116 valence electrons. The molecule has 1 aromatic rings. The summed E-state index contributed by atoms with van der Waals surface area (Å²) >= 11 is 3.62. The highest BCUT2D eigenvalue weighted by atomic mass is 79.9. The lowest BCUT2D eigenvalue weighted by Gasteiger charge is -2.43. The van der Waals surface area contributed by atoms with Crippen molar-refractivity contribution >= 4 is 21.7 Å². The number of methoxy groups -OCH3 is 2. The number of carbonyl (C=O) groups excluding carboxylic acids is 1. The minimum atomic E-state index is -0.536. The molecule has 1 aromatic carbocycles. The zero-order chi connectivity index (χ0) is 15.5. The Labute approximate surface area is 137 Å². The summed E-state index contributed by atoms with van der Waals surface area (Å²) in [4.78, 5) is 12.7. The zero-order valence-electron chi connectivity index (χ0n) is 12.5. The minimum Gasteiger partial charge on any atom is -0.493 e. The van der Waals surface area contributed by atoms with Crippen LogP contribution in [0.2, 0.25) is 0 Å². The third-order valence-electron chi connectivity index (χ3n) is 5.17. The molecular weight excluding hydrogens is 348 g/mol. The van der Waals surface area contributed by atoms with Gasteiger partial charge in [0.25, 0.3) is 0 Å². The zero-order valence-corrected chi connectivity index (χ0v) is 14.1. The number of rotatable bonds is 3. The molecule has 1 heterocycles. The van der Waals surface area contributed by atoms with E-state index in [2.05, 4.69) is 22.0 Å². The van der Waals surface area contributed by atoms with Crippen molar-refractivity contribution in [3.05, 3.63) is 34.3 Å². The van der Waals surface area contributed by atoms with Crippen molar-refractivity contribution in [2.45, 2.75) is 17.9 Å². The summed E-state index contributed by atoms with van der Waals surface area (Å²) in [5.41, 5.74) is 0.582. The number of epoxide rings is 1. The van der Waals surface area contributed by atoms with Crippen molar-refractivity contribution in [2.75, 3.05) is 20.8 Å². The first-order valence-corrected chi connectivity index (χ1v) is 8.17. The van der Waals surface area contributed by atoms with Gasteiger partial charge in [0.15, 0.2) is 22.9 Å². The van der Waals surface area contributed by atoms with Crippen molar-refractivity contribution < 1.29 is 19.0 Å². The van der Waals surface area contributed by atoms with Gasteiger partial charge in [-0.2, -0.15) is 0 Å². The van der Waals surface area contributed by atoms with Gasteiger partial charge in [0.05, 0.1) is 20.8 Å². The summed E-state index contributed by atoms with van der Waals surface area (Å²) in [5, 5.41) is 0. The van der Waals surface area contributed by atoms with Crippen LogP contribution in [0, 0.1) is 11.8 Å². The molecule has 1 saturated carbocycles. The van der Waals surface area contributed by atoms with Crippen LogP contribution < -0.4 is 9.47 Å². The lowest BCUT2D eigenvalue weighted by molar-refractivity contribution is -0.132. The molecule has 2 bridgehead atoms. The van der Waals surface area contributed by atoms with E-state index in [0.717, 1.165) is 16.5 Å². The first kappa shape index (κ1) is 14.3. The van der Waals surface area contributed by atoms with Crippen LogP contribution >= 0.6 is 15.9 Å². The summed E-state index contributed by atoms with van der Waals surface area (Å²) in [6.07, 6.45) is 2.98. The van der Waals surface area contributed by atoms with Gasteiger partial charge in [0.1, 0.15) is 0 Å². The van der Waals surface area contributed by atoms with Crippen molar-refractivity contribution in [1.29, 1.82) is 0 Å². The lowest BCUT2D eigenvalue weighted by Crippen LogP contribution is -2.49. The maximum Gasteiger partial charge on any atom is 0.175 e. The van der Waals surface area contributed by atoms with Crippen LogP contribution in [0.5, 0.6) is 11.5 Å². The fraction of sp³-hybridized carbons (Fsp3) is 0.471. The van der Waals surface area contributed by atoms with Gasteiger partial charge < -0.3 is 14.2 Å². The van der Waals surface area contributed by atoms with Crippen LogP contribution in [0.1, 0.15) is 17.9 Å². The average Bonchev–Trinajstić information content (AvgIpc) is 3.33. The summed E-state index contributed by atoms with van der Waals surface area (Å²) in [7, 11) is 3.25. The topological polar surface area (TPSA) is 48.1 Å². The van der Waals surface area contributed by atoms with Crippen LogP contribution in [-0.4, -0.2) is 32.2 Å². The summed E-state index contributed by atoms with van der Waals surface area (Å²) in [6.45, 7) is 0.564. The molecule has 5 rings (SSSR count). The Kier molecular flexibility index (Phi) is 3.13. The van der Waals surface area contributed by atoms with E-state index in [9.17, 15) is 4.79 Å². The largest absolute Gasteiger partial charge is 0.493 e. The first-order valence-electron chi connectivity index (χ1n) is 7.38. The van der Waals surface area contributed by atoms with Gasteiger partial charge in [-0.25, -0.2) is 0 Å². The minimum absolute atomic E-state index is 0.125. The van der Waals surface area contributed by atoms with Crippen molar-refractivity contribution in [1.82, 2.24) is 0 Å². The molecule has 4 atom stereocenters. The molecule has 1 saturated heterocycles. The Balaban J connectivity index is 1.72. The van der Waals surface area contributed by atoms with Crippen LogP contribution in [0.4, 0.5) is 0 Å². The third kappa shape index (κ3) is 1.82. The summed E-state index contributed by atoms with van der Waals surface area (Å²) < 4.78 is 17.4. The molecular formula is C17H17BrO4. The molecule has 1 aliphatic heterocycles. The molecule has 0 unspecified atom stereocenters. The second-order valence-electron chi connectivity index (χ2n) is 6.13. The number of hydrogen-bond acceptors (Lipinski definition) is 4. The predicted molar refractivity (Wildman–Crippen MR) is 84.6 cm³/mol. The van der Waals surface area contributed by atoms with Gasteiger partial charge in [-0.05, 0) is 34.5 Å². The van der Waals surface area contributed by atoms with Crippen LogP contribution in [-0.2, 0) is 9.53 Å². The predicted octanol–water partition coefficient (Wildman–Crippen LogP) is 3.05. The number of carbonyl (C=O) groups is 1. The Morgan fingerprint density at radius 1 is 1.27 bits per heavy atom. The molecule has 4 nitrogen and oxygen atoms in total. The van der Waals surface area contributed by atoms with E-state index in [-0.39, 0.29) is 23.5 Å². The van der Waals surface area contributed by atoms with E-state index in [1.165, 1.54) is 0 Å². The third-order valence-corrected chi connectivity index (χ3v) is 5.99. The van der Waals surface area contributed by atoms with Gasteiger partial charge in [0, 0.05) is 11.8 Å². The van der Waals surface area contributed by atoms with Gasteiger partial charge in [-0.1, -0.05) is 28.1 Å². The number of allylic oxidation sites excluding steroid dienone is 1. The molecule has 3 aliphatic carbocycles. The molecule has 1 spiro atoms. The highest BCUT2D eigenvalue weighted by molar-refractivity contribution is 9.11. The number of halogens is 1. The molecule has 4 aliphatic rings. The Bertz CT molecular complexity index is 677. The fourth-order valence-electron chi connectivity index (χ4n) is 3.89. The van der Waals surface area contributed by atoms with E-state index >= 15 is 0 Å². The molecule has 0 aromatic heterocycles. The smallest absolute Gasteiger partial charge is 0.175 e. The number of ether oxygens (including phenoxy) is 3.